The Morgan fingerprint density at radius 3 is 2.67 bits per heavy atom. The van der Waals surface area contributed by atoms with Crippen molar-refractivity contribution in [2.45, 2.75) is 45.6 Å². The molecule has 0 saturated heterocycles. The Balaban J connectivity index is 2.44. The molecule has 0 spiro atoms. The van der Waals surface area contributed by atoms with Crippen LogP contribution in [0.2, 0.25) is 0 Å². The largest absolute Gasteiger partial charge is 0.294 e. The van der Waals surface area contributed by atoms with E-state index in [9.17, 15) is 9.59 Å². The van der Waals surface area contributed by atoms with Gasteiger partial charge in [0.2, 0.25) is 0 Å². The molecule has 1 aliphatic rings. The van der Waals surface area contributed by atoms with Crippen molar-refractivity contribution in [1.29, 1.82) is 0 Å². The van der Waals surface area contributed by atoms with Crippen LogP contribution in [0.15, 0.2) is 15.7 Å². The lowest BCUT2D eigenvalue weighted by Gasteiger charge is -2.18. The van der Waals surface area contributed by atoms with Crippen LogP contribution in [0, 0.1) is 6.92 Å². The number of fused-ring (bicyclic) bond motifs is 1. The molecular formula is C15H16BrN3O2. The van der Waals surface area contributed by atoms with Gasteiger partial charge in [-0.2, -0.15) is 0 Å². The number of carbonyl (C=O) groups is 1. The molecule has 2 heterocycles. The molecule has 2 aromatic rings. The number of carbonyl (C=O) groups excluding carboxylic acids is 1. The smallest absolute Gasteiger partial charge is 0.263 e. The first-order valence-corrected chi connectivity index (χ1v) is 7.88. The van der Waals surface area contributed by atoms with Gasteiger partial charge in [-0.3, -0.25) is 14.2 Å². The van der Waals surface area contributed by atoms with Gasteiger partial charge in [0.25, 0.3) is 5.56 Å². The summed E-state index contributed by atoms with van der Waals surface area (Å²) in [6, 6.07) is 0.125. The van der Waals surface area contributed by atoms with Crippen molar-refractivity contribution in [3.63, 3.8) is 0 Å². The van der Waals surface area contributed by atoms with Gasteiger partial charge in [-0.1, -0.05) is 12.8 Å². The summed E-state index contributed by atoms with van der Waals surface area (Å²) in [4.78, 5) is 33.3. The van der Waals surface area contributed by atoms with E-state index in [0.29, 0.717) is 15.9 Å². The van der Waals surface area contributed by atoms with Crippen molar-refractivity contribution < 1.29 is 4.79 Å². The van der Waals surface area contributed by atoms with Crippen LogP contribution in [-0.2, 0) is 0 Å². The minimum Gasteiger partial charge on any atom is -0.294 e. The number of aromatic nitrogens is 3. The van der Waals surface area contributed by atoms with Gasteiger partial charge < -0.3 is 0 Å². The average Bonchev–Trinajstić information content (AvgIpc) is 2.91. The van der Waals surface area contributed by atoms with E-state index in [1.165, 1.54) is 6.92 Å². The summed E-state index contributed by atoms with van der Waals surface area (Å²) in [5.74, 6) is -0.200. The molecule has 0 aromatic carbocycles. The zero-order valence-electron chi connectivity index (χ0n) is 12.0. The standard InChI is InChI=1S/C15H16BrN3O2/c1-8-11-7-17-15(16)18-13(11)19(10-5-3-4-6-10)14(21)12(8)9(2)20/h7,10H,3-6H2,1-2H3. The Bertz CT molecular complexity index is 792. The third kappa shape index (κ3) is 2.31. The minimum atomic E-state index is -0.218. The zero-order valence-corrected chi connectivity index (χ0v) is 13.6. The monoisotopic (exact) mass is 349 g/mol. The Kier molecular flexibility index (Phi) is 3.65. The number of hydrogen-bond donors (Lipinski definition) is 0. The quantitative estimate of drug-likeness (QED) is 0.616. The van der Waals surface area contributed by atoms with E-state index < -0.39 is 0 Å². The molecule has 0 radical (unpaired) electrons. The summed E-state index contributed by atoms with van der Waals surface area (Å²) in [7, 11) is 0. The van der Waals surface area contributed by atoms with E-state index in [0.717, 1.165) is 31.1 Å². The van der Waals surface area contributed by atoms with Gasteiger partial charge in [-0.25, -0.2) is 9.97 Å². The maximum atomic E-state index is 12.8. The van der Waals surface area contributed by atoms with Crippen LogP contribution in [0.5, 0.6) is 0 Å². The maximum absolute atomic E-state index is 12.8. The predicted molar refractivity (Wildman–Crippen MR) is 83.7 cm³/mol. The Morgan fingerprint density at radius 1 is 1.38 bits per heavy atom. The van der Waals surface area contributed by atoms with Crippen LogP contribution >= 0.6 is 15.9 Å². The molecule has 0 atom stereocenters. The number of aryl methyl sites for hydroxylation is 1. The average molecular weight is 350 g/mol. The molecule has 2 aromatic heterocycles. The summed E-state index contributed by atoms with van der Waals surface area (Å²) in [5, 5.41) is 0.773. The van der Waals surface area contributed by atoms with Crippen molar-refractivity contribution in [1.82, 2.24) is 14.5 Å². The fourth-order valence-corrected chi connectivity index (χ4v) is 3.50. The fraction of sp³-hybridized carbons (Fsp3) is 0.467. The van der Waals surface area contributed by atoms with Gasteiger partial charge in [0.1, 0.15) is 5.65 Å². The number of Topliss-reactive ketones (excluding diaryl/α,β-unsaturated/α-hetero) is 1. The summed E-state index contributed by atoms with van der Waals surface area (Å²) in [5.41, 5.74) is 1.34. The van der Waals surface area contributed by atoms with E-state index in [1.807, 2.05) is 0 Å². The number of ketones is 1. The van der Waals surface area contributed by atoms with Gasteiger partial charge in [0.15, 0.2) is 10.5 Å². The van der Waals surface area contributed by atoms with E-state index in [-0.39, 0.29) is 22.9 Å². The number of hydrogen-bond acceptors (Lipinski definition) is 4. The highest BCUT2D eigenvalue weighted by Gasteiger charge is 2.25. The Hall–Kier alpha value is -1.56. The van der Waals surface area contributed by atoms with Crippen LogP contribution < -0.4 is 5.56 Å². The molecule has 1 saturated carbocycles. The molecule has 1 aliphatic carbocycles. The first kappa shape index (κ1) is 14.4. The zero-order chi connectivity index (χ0) is 15.1. The highest BCUT2D eigenvalue weighted by molar-refractivity contribution is 9.10. The molecule has 3 rings (SSSR count). The molecule has 0 amide bonds. The first-order chi connectivity index (χ1) is 10.0. The van der Waals surface area contributed by atoms with Crippen LogP contribution in [0.1, 0.15) is 54.6 Å². The number of nitrogens with zero attached hydrogens (tertiary/aromatic N) is 3. The summed E-state index contributed by atoms with van der Waals surface area (Å²) < 4.78 is 2.16. The second kappa shape index (κ2) is 5.33. The Labute approximate surface area is 130 Å². The summed E-state index contributed by atoms with van der Waals surface area (Å²) in [6.07, 6.45) is 5.80. The molecule has 6 heteroatoms. The fourth-order valence-electron chi connectivity index (χ4n) is 3.23. The van der Waals surface area contributed by atoms with Crippen LogP contribution in [0.4, 0.5) is 0 Å². The van der Waals surface area contributed by atoms with Crippen LogP contribution in [-0.4, -0.2) is 20.3 Å². The lowest BCUT2D eigenvalue weighted by molar-refractivity contribution is 0.101. The SMILES string of the molecule is CC(=O)c1c(C)c2cnc(Br)nc2n(C2CCCC2)c1=O. The highest BCUT2D eigenvalue weighted by atomic mass is 79.9. The van der Waals surface area contributed by atoms with Crippen molar-refractivity contribution in [2.24, 2.45) is 0 Å². The normalized spacial score (nSPS) is 15.8. The van der Waals surface area contributed by atoms with Gasteiger partial charge in [-0.05, 0) is 48.2 Å². The maximum Gasteiger partial charge on any atom is 0.263 e. The van der Waals surface area contributed by atoms with E-state index in [2.05, 4.69) is 25.9 Å². The molecule has 1 fully saturated rings. The molecule has 21 heavy (non-hydrogen) atoms. The topological polar surface area (TPSA) is 64.8 Å². The van der Waals surface area contributed by atoms with Gasteiger partial charge >= 0.3 is 0 Å². The first-order valence-electron chi connectivity index (χ1n) is 7.09. The van der Waals surface area contributed by atoms with Gasteiger partial charge in [-0.15, -0.1) is 0 Å². The van der Waals surface area contributed by atoms with Crippen LogP contribution in [0.3, 0.4) is 0 Å². The highest BCUT2D eigenvalue weighted by Crippen LogP contribution is 2.31. The third-order valence-electron chi connectivity index (χ3n) is 4.22. The molecule has 5 nitrogen and oxygen atoms in total. The number of pyridine rings is 1. The van der Waals surface area contributed by atoms with Gasteiger partial charge in [0, 0.05) is 17.6 Å². The lowest BCUT2D eigenvalue weighted by Crippen LogP contribution is -2.30. The second-order valence-electron chi connectivity index (χ2n) is 5.55. The predicted octanol–water partition coefficient (Wildman–Crippen LogP) is 3.18. The lowest BCUT2D eigenvalue weighted by atomic mass is 10.0. The van der Waals surface area contributed by atoms with Crippen molar-refractivity contribution in [3.8, 4) is 0 Å². The van der Waals surface area contributed by atoms with E-state index in [4.69, 9.17) is 0 Å². The van der Waals surface area contributed by atoms with E-state index >= 15 is 0 Å². The Morgan fingerprint density at radius 2 is 2.05 bits per heavy atom. The molecule has 0 bridgehead atoms. The molecular weight excluding hydrogens is 334 g/mol. The number of rotatable bonds is 2. The number of halogens is 1. The second-order valence-corrected chi connectivity index (χ2v) is 6.26. The molecule has 0 N–H and O–H groups in total. The van der Waals surface area contributed by atoms with Crippen molar-refractivity contribution >= 4 is 32.7 Å². The van der Waals surface area contributed by atoms with Crippen molar-refractivity contribution in [2.75, 3.05) is 0 Å². The van der Waals surface area contributed by atoms with E-state index in [1.54, 1.807) is 17.7 Å². The third-order valence-corrected chi connectivity index (χ3v) is 4.60. The molecule has 110 valence electrons. The van der Waals surface area contributed by atoms with Crippen LogP contribution in [0.25, 0.3) is 11.0 Å². The minimum absolute atomic E-state index is 0.125. The van der Waals surface area contributed by atoms with Gasteiger partial charge in [0.05, 0.1) is 5.56 Å². The molecule has 0 unspecified atom stereocenters. The molecule has 0 aliphatic heterocycles. The summed E-state index contributed by atoms with van der Waals surface area (Å²) in [6.45, 7) is 3.23. The summed E-state index contributed by atoms with van der Waals surface area (Å²) >= 11 is 3.27. The van der Waals surface area contributed by atoms with Crippen molar-refractivity contribution in [3.05, 3.63) is 32.4 Å².